The molecule has 0 amide bonds. The summed E-state index contributed by atoms with van der Waals surface area (Å²) in [5.41, 5.74) is 10.6. The van der Waals surface area contributed by atoms with Crippen molar-refractivity contribution in [1.29, 1.82) is 0 Å². The van der Waals surface area contributed by atoms with Gasteiger partial charge in [-0.15, -0.1) is 0 Å². The average Bonchev–Trinajstić information content (AvgIpc) is 1.65. The van der Waals surface area contributed by atoms with Gasteiger partial charge in [-0.3, -0.25) is 0 Å². The van der Waals surface area contributed by atoms with E-state index in [0.717, 1.165) is 0 Å². The second-order valence-electron chi connectivity index (χ2n) is 2.08. The molecule has 0 saturated carbocycles. The Morgan fingerprint density at radius 2 is 2.12 bits per heavy atom. The minimum Gasteiger partial charge on any atom is -0.393 e. The fourth-order valence-corrected chi connectivity index (χ4v) is 0.534. The van der Waals surface area contributed by atoms with Crippen molar-refractivity contribution in [1.82, 2.24) is 0 Å². The molecule has 0 aliphatic rings. The second-order valence-corrected chi connectivity index (χ2v) is 2.08. The van der Waals surface area contributed by atoms with Gasteiger partial charge in [0.05, 0.1) is 6.10 Å². The van der Waals surface area contributed by atoms with Crippen LogP contribution in [-0.4, -0.2) is 23.8 Å². The van der Waals surface area contributed by atoms with Gasteiger partial charge in [-0.1, -0.05) is 0 Å². The minimum atomic E-state index is -0.325. The van der Waals surface area contributed by atoms with E-state index < -0.39 is 0 Å². The lowest BCUT2D eigenvalue weighted by Gasteiger charge is -2.09. The first-order valence-electron chi connectivity index (χ1n) is 2.80. The molecule has 0 bridgehead atoms. The van der Waals surface area contributed by atoms with Crippen LogP contribution in [-0.2, 0) is 0 Å². The molecule has 0 aromatic heterocycles. The van der Waals surface area contributed by atoms with Crippen LogP contribution in [0.1, 0.15) is 13.3 Å². The van der Waals surface area contributed by atoms with Gasteiger partial charge < -0.3 is 16.6 Å². The van der Waals surface area contributed by atoms with E-state index in [9.17, 15) is 0 Å². The van der Waals surface area contributed by atoms with E-state index in [1.54, 1.807) is 6.92 Å². The van der Waals surface area contributed by atoms with Gasteiger partial charge in [-0.25, -0.2) is 0 Å². The van der Waals surface area contributed by atoms with Crippen molar-refractivity contribution in [3.8, 4) is 0 Å². The Kier molecular flexibility index (Phi) is 3.77. The number of nitrogens with two attached hydrogens (primary N) is 2. The monoisotopic (exact) mass is 118 g/mol. The molecule has 2 atom stereocenters. The van der Waals surface area contributed by atoms with E-state index >= 15 is 0 Å². The normalized spacial score (nSPS) is 18.0. The standard InChI is InChI=1S/C5H14N2O/c1-4(8)2-5(7)3-6/h4-5,8H,2-3,6-7H2,1H3/t4-,5?/m0/s1. The lowest BCUT2D eigenvalue weighted by atomic mass is 10.1. The largest absolute Gasteiger partial charge is 0.393 e. The van der Waals surface area contributed by atoms with Crippen LogP contribution >= 0.6 is 0 Å². The number of aliphatic hydroxyl groups is 1. The summed E-state index contributed by atoms with van der Waals surface area (Å²) in [7, 11) is 0. The Hall–Kier alpha value is -0.120. The summed E-state index contributed by atoms with van der Waals surface area (Å²) >= 11 is 0. The number of hydrogen-bond donors (Lipinski definition) is 3. The van der Waals surface area contributed by atoms with Crippen molar-refractivity contribution < 1.29 is 5.11 Å². The van der Waals surface area contributed by atoms with Gasteiger partial charge in [0, 0.05) is 12.6 Å². The Morgan fingerprint density at radius 1 is 1.62 bits per heavy atom. The van der Waals surface area contributed by atoms with E-state index in [1.807, 2.05) is 0 Å². The van der Waals surface area contributed by atoms with Crippen molar-refractivity contribution in [3.63, 3.8) is 0 Å². The zero-order valence-corrected chi connectivity index (χ0v) is 5.17. The summed E-state index contributed by atoms with van der Waals surface area (Å²) in [4.78, 5) is 0. The van der Waals surface area contributed by atoms with Gasteiger partial charge in [-0.2, -0.15) is 0 Å². The highest BCUT2D eigenvalue weighted by molar-refractivity contribution is 4.63. The summed E-state index contributed by atoms with van der Waals surface area (Å²) in [6.07, 6.45) is 0.268. The van der Waals surface area contributed by atoms with Crippen LogP contribution in [0.3, 0.4) is 0 Å². The highest BCUT2D eigenvalue weighted by atomic mass is 16.3. The summed E-state index contributed by atoms with van der Waals surface area (Å²) in [5.74, 6) is 0. The molecule has 0 rings (SSSR count). The van der Waals surface area contributed by atoms with Gasteiger partial charge >= 0.3 is 0 Å². The first kappa shape index (κ1) is 7.88. The highest BCUT2D eigenvalue weighted by Gasteiger charge is 2.02. The molecule has 0 aromatic rings. The van der Waals surface area contributed by atoms with E-state index in [2.05, 4.69) is 0 Å². The van der Waals surface area contributed by atoms with Crippen LogP contribution in [0.2, 0.25) is 0 Å². The Labute approximate surface area is 49.7 Å². The fraction of sp³-hybridized carbons (Fsp3) is 1.00. The van der Waals surface area contributed by atoms with Crippen molar-refractivity contribution in [3.05, 3.63) is 0 Å². The van der Waals surface area contributed by atoms with E-state index in [1.165, 1.54) is 0 Å². The van der Waals surface area contributed by atoms with Crippen molar-refractivity contribution in [2.75, 3.05) is 6.54 Å². The molecule has 0 radical (unpaired) electrons. The molecule has 0 fully saturated rings. The Bertz CT molecular complexity index is 56.4. The average molecular weight is 118 g/mol. The summed E-state index contributed by atoms with van der Waals surface area (Å²) in [6.45, 7) is 2.15. The molecule has 0 aliphatic carbocycles. The zero-order valence-electron chi connectivity index (χ0n) is 5.17. The topological polar surface area (TPSA) is 72.3 Å². The van der Waals surface area contributed by atoms with Crippen LogP contribution in [0, 0.1) is 0 Å². The molecule has 0 aliphatic heterocycles. The molecule has 0 spiro atoms. The number of rotatable bonds is 3. The molecular formula is C5H14N2O. The Balaban J connectivity index is 3.10. The zero-order chi connectivity index (χ0) is 6.57. The molecule has 0 heterocycles. The van der Waals surface area contributed by atoms with Crippen LogP contribution in [0.15, 0.2) is 0 Å². The minimum absolute atomic E-state index is 0.0463. The molecule has 1 unspecified atom stereocenters. The van der Waals surface area contributed by atoms with Crippen LogP contribution < -0.4 is 11.5 Å². The van der Waals surface area contributed by atoms with Gasteiger partial charge in [0.25, 0.3) is 0 Å². The van der Waals surface area contributed by atoms with Crippen LogP contribution in [0.5, 0.6) is 0 Å². The number of hydrogen-bond acceptors (Lipinski definition) is 3. The maximum absolute atomic E-state index is 8.72. The molecular weight excluding hydrogens is 104 g/mol. The van der Waals surface area contributed by atoms with E-state index in [-0.39, 0.29) is 12.1 Å². The molecule has 8 heavy (non-hydrogen) atoms. The first-order chi connectivity index (χ1) is 3.66. The third-order valence-corrected chi connectivity index (χ3v) is 0.947. The molecule has 0 aromatic carbocycles. The quantitative estimate of drug-likeness (QED) is 0.447. The van der Waals surface area contributed by atoms with Crippen molar-refractivity contribution >= 4 is 0 Å². The SMILES string of the molecule is C[C@H](O)CC(N)CN. The Morgan fingerprint density at radius 3 is 2.25 bits per heavy atom. The van der Waals surface area contributed by atoms with Gasteiger partial charge in [0.15, 0.2) is 0 Å². The van der Waals surface area contributed by atoms with Gasteiger partial charge in [0.1, 0.15) is 0 Å². The molecule has 3 heteroatoms. The second kappa shape index (κ2) is 3.83. The van der Waals surface area contributed by atoms with E-state index in [4.69, 9.17) is 16.6 Å². The maximum Gasteiger partial charge on any atom is 0.0527 e. The van der Waals surface area contributed by atoms with Crippen molar-refractivity contribution in [2.24, 2.45) is 11.5 Å². The van der Waals surface area contributed by atoms with Crippen LogP contribution in [0.25, 0.3) is 0 Å². The first-order valence-corrected chi connectivity index (χ1v) is 2.80. The summed E-state index contributed by atoms with van der Waals surface area (Å²) in [5, 5.41) is 8.72. The fourth-order valence-electron chi connectivity index (χ4n) is 0.534. The molecule has 5 N–H and O–H groups in total. The lowest BCUT2D eigenvalue weighted by Crippen LogP contribution is -2.32. The van der Waals surface area contributed by atoms with E-state index in [0.29, 0.717) is 13.0 Å². The van der Waals surface area contributed by atoms with Crippen LogP contribution in [0.4, 0.5) is 0 Å². The van der Waals surface area contributed by atoms with Crippen molar-refractivity contribution in [2.45, 2.75) is 25.5 Å². The predicted octanol–water partition coefficient (Wildman–Crippen LogP) is -0.957. The summed E-state index contributed by atoms with van der Waals surface area (Å²) < 4.78 is 0. The lowest BCUT2D eigenvalue weighted by molar-refractivity contribution is 0.175. The van der Waals surface area contributed by atoms with Gasteiger partial charge in [0.2, 0.25) is 0 Å². The molecule has 0 saturated heterocycles. The predicted molar refractivity (Wildman–Crippen MR) is 33.3 cm³/mol. The number of aliphatic hydroxyl groups excluding tert-OH is 1. The third-order valence-electron chi connectivity index (χ3n) is 0.947. The highest BCUT2D eigenvalue weighted by Crippen LogP contribution is 1.91. The maximum atomic E-state index is 8.72. The van der Waals surface area contributed by atoms with Gasteiger partial charge in [-0.05, 0) is 13.3 Å². The molecule has 50 valence electrons. The third kappa shape index (κ3) is 4.05. The summed E-state index contributed by atoms with van der Waals surface area (Å²) in [6, 6.07) is -0.0463. The molecule has 3 nitrogen and oxygen atoms in total. The smallest absolute Gasteiger partial charge is 0.0527 e.